The van der Waals surface area contributed by atoms with Gasteiger partial charge in [0, 0.05) is 5.56 Å². The molecule has 0 unspecified atom stereocenters. The molecule has 560 valence electrons. The van der Waals surface area contributed by atoms with E-state index in [1.54, 1.807) is 0 Å². The van der Waals surface area contributed by atoms with Gasteiger partial charge in [0.2, 0.25) is 191 Å². The summed E-state index contributed by atoms with van der Waals surface area (Å²) in [5, 5.41) is 37.9. The van der Waals surface area contributed by atoms with Crippen LogP contribution in [0.4, 0.5) is 168 Å². The number of phenolic OH excluding ortho intramolecular Hbond substituents is 2. The first-order valence-corrected chi connectivity index (χ1v) is 25.6. The van der Waals surface area contributed by atoms with Crippen molar-refractivity contribution in [1.82, 2.24) is 4.90 Å². The van der Waals surface area contributed by atoms with Crippen LogP contribution in [-0.4, -0.2) is 44.6 Å². The van der Waals surface area contributed by atoms with E-state index in [0.29, 0.717) is 0 Å². The summed E-state index contributed by atoms with van der Waals surface area (Å²) < 4.78 is 461. The van der Waals surface area contributed by atoms with Crippen molar-refractivity contribution in [3.05, 3.63) is 218 Å². The fourth-order valence-electron chi connectivity index (χ4n) is 7.08. The highest BCUT2D eigenvalue weighted by atomic mass is 19.2. The Labute approximate surface area is 545 Å². The van der Waals surface area contributed by atoms with Crippen LogP contribution in [-0.2, 0) is 0 Å². The lowest BCUT2D eigenvalue weighted by Gasteiger charge is -2.16. The molecule has 15 nitrogen and oxygen atoms in total. The average molecular weight is 1540 g/mol. The minimum atomic E-state index is -2.94. The van der Waals surface area contributed by atoms with E-state index >= 15 is 0 Å². The summed E-state index contributed by atoms with van der Waals surface area (Å²) in [6.45, 7) is 10.9. The Kier molecular flexibility index (Phi) is 26.9. The number of nitrogen functional groups attached to an aromatic ring is 2. The van der Waals surface area contributed by atoms with Crippen molar-refractivity contribution in [2.24, 2.45) is 0 Å². The molecule has 0 aliphatic heterocycles. The molecule has 0 aliphatic carbocycles. The summed E-state index contributed by atoms with van der Waals surface area (Å²) in [4.78, 5) is 19.6. The first-order valence-electron chi connectivity index (χ1n) is 25.6. The maximum absolute atomic E-state index is 14.7. The van der Waals surface area contributed by atoms with Gasteiger partial charge in [0.1, 0.15) is 11.4 Å². The van der Waals surface area contributed by atoms with E-state index in [4.69, 9.17) is 21.7 Å². The van der Waals surface area contributed by atoms with Crippen LogP contribution in [0, 0.1) is 219 Å². The molecular weight excluding hydrogens is 1520 g/mol. The zero-order valence-electron chi connectivity index (χ0n) is 49.3. The van der Waals surface area contributed by atoms with Gasteiger partial charge in [-0.2, -0.15) is 92.2 Å². The second-order valence-corrected chi connectivity index (χ2v) is 18.4. The zero-order chi connectivity index (χ0) is 79.4. The molecule has 0 saturated heterocycles. The van der Waals surface area contributed by atoms with Gasteiger partial charge in [-0.1, -0.05) is 20.8 Å². The minimum Gasteiger partial charge on any atom is -0.503 e. The molecule has 48 heteroatoms. The van der Waals surface area contributed by atoms with Crippen molar-refractivity contribution in [1.29, 1.82) is 0 Å². The number of ether oxygens (including phenoxy) is 4. The summed E-state index contributed by atoms with van der Waals surface area (Å²) in [6.07, 6.45) is 0. The topological polar surface area (TPSA) is 219 Å². The highest BCUT2D eigenvalue weighted by molar-refractivity contribution is 5.54. The molecule has 8 aromatic carbocycles. The van der Waals surface area contributed by atoms with Gasteiger partial charge in [-0.25, -0.2) is 52.7 Å². The van der Waals surface area contributed by atoms with Crippen LogP contribution >= 0.6 is 0 Å². The van der Waals surface area contributed by atoms with Gasteiger partial charge in [0.15, 0.2) is 58.0 Å². The monoisotopic (exact) mass is 1540 g/mol. The SMILES string of the molecule is CCN(CC)CC.Cc1c(F)c(F)c(F)c(F)c1F.Nc1c(F)c(F)c(Oc2c(F)c(F)c(F)c(Oc3c(F)c(F)c(N)c(F)c3F)c2F)c(F)c1F.O=[N+]([O-])c1c(F)c(F)c(Oc2c(F)c(F)c(F)c(Oc3c(F)c(F)c([N+](=O)[O-])c(F)c3F)c2F)c(F)c1F.Oc1c(F)c(O)c(F)c(F)c1F. The van der Waals surface area contributed by atoms with Crippen molar-refractivity contribution in [3.63, 3.8) is 0 Å². The third-order valence-electron chi connectivity index (χ3n) is 12.4. The van der Waals surface area contributed by atoms with Gasteiger partial charge in [0.25, 0.3) is 0 Å². The Balaban J connectivity index is 0.000000310. The molecule has 0 aliphatic rings. The van der Waals surface area contributed by atoms with Gasteiger partial charge in [0.05, 0.1) is 9.85 Å². The molecule has 0 fully saturated rings. The predicted molar refractivity (Wildman–Crippen MR) is 274 cm³/mol. The molecule has 0 spiro atoms. The minimum absolute atomic E-state index is 0.816. The van der Waals surface area contributed by atoms with E-state index in [2.05, 4.69) is 44.6 Å². The second kappa shape index (κ2) is 32.9. The first-order chi connectivity index (χ1) is 47.5. The maximum Gasteiger partial charge on any atom is 0.346 e. The molecule has 8 aromatic rings. The van der Waals surface area contributed by atoms with Crippen LogP contribution in [0.3, 0.4) is 0 Å². The van der Waals surface area contributed by atoms with Crippen molar-refractivity contribution in [2.45, 2.75) is 27.7 Å². The number of hydrogen-bond acceptors (Lipinski definition) is 13. The third kappa shape index (κ3) is 16.0. The molecule has 0 radical (unpaired) electrons. The summed E-state index contributed by atoms with van der Waals surface area (Å²) in [5.74, 6) is -105. The van der Waals surface area contributed by atoms with E-state index < -0.39 is 288 Å². The Bertz CT molecular complexity index is 4140. The van der Waals surface area contributed by atoms with Crippen molar-refractivity contribution >= 4 is 22.7 Å². The molecule has 0 atom stereocenters. The van der Waals surface area contributed by atoms with Crippen LogP contribution in [0.2, 0.25) is 0 Å². The Morgan fingerprint density at radius 3 is 0.631 bits per heavy atom. The number of benzene rings is 8. The molecule has 0 heterocycles. The fraction of sp³-hybridized carbons (Fsp3) is 0.127. The van der Waals surface area contributed by atoms with Gasteiger partial charge in [-0.3, -0.25) is 20.2 Å². The van der Waals surface area contributed by atoms with E-state index in [1.807, 2.05) is 0 Å². The van der Waals surface area contributed by atoms with E-state index in [0.717, 1.165) is 6.92 Å². The average Bonchev–Trinajstić information content (AvgIpc) is 0.761. The molecule has 0 bridgehead atoms. The smallest absolute Gasteiger partial charge is 0.346 e. The lowest BCUT2D eigenvalue weighted by molar-refractivity contribution is -0.390. The number of anilines is 2. The fourth-order valence-corrected chi connectivity index (χ4v) is 7.08. The molecule has 103 heavy (non-hydrogen) atoms. The third-order valence-corrected chi connectivity index (χ3v) is 12.4. The Morgan fingerprint density at radius 2 is 0.437 bits per heavy atom. The quantitative estimate of drug-likeness (QED) is 0.0211. The maximum atomic E-state index is 14.7. The lowest BCUT2D eigenvalue weighted by atomic mass is 10.2. The number of nitro benzene ring substituents is 2. The number of hydrogen-bond donors (Lipinski definition) is 4. The van der Waals surface area contributed by atoms with Crippen LogP contribution < -0.4 is 30.4 Å². The van der Waals surface area contributed by atoms with Gasteiger partial charge < -0.3 is 45.5 Å². The summed E-state index contributed by atoms with van der Waals surface area (Å²) in [5.41, 5.74) is 0.219. The second-order valence-electron chi connectivity index (χ2n) is 18.4. The van der Waals surface area contributed by atoms with Gasteiger partial charge >= 0.3 is 11.4 Å². The highest BCUT2D eigenvalue weighted by Crippen LogP contribution is 2.47. The van der Waals surface area contributed by atoms with E-state index in [1.165, 1.54) is 19.6 Å². The molecule has 8 rings (SSSR count). The van der Waals surface area contributed by atoms with Crippen LogP contribution in [0.15, 0.2) is 0 Å². The normalized spacial score (nSPS) is 10.9. The molecule has 0 amide bonds. The lowest BCUT2D eigenvalue weighted by Crippen LogP contribution is -2.21. The summed E-state index contributed by atoms with van der Waals surface area (Å²) in [6, 6.07) is 0. The number of halogens is 33. The Hall–Kier alpha value is -11.4. The predicted octanol–water partition coefficient (Wildman–Crippen LogP) is 18.6. The largest absolute Gasteiger partial charge is 0.503 e. The summed E-state index contributed by atoms with van der Waals surface area (Å²) >= 11 is 0. The van der Waals surface area contributed by atoms with Crippen molar-refractivity contribution in [3.8, 4) is 57.5 Å². The van der Waals surface area contributed by atoms with Crippen LogP contribution in [0.5, 0.6) is 57.5 Å². The van der Waals surface area contributed by atoms with Gasteiger partial charge in [-0.05, 0) is 26.6 Å². The van der Waals surface area contributed by atoms with E-state index in [-0.39, 0.29) is 0 Å². The van der Waals surface area contributed by atoms with Crippen molar-refractivity contribution < 1.29 is 184 Å². The number of nitro groups is 2. The first kappa shape index (κ1) is 84.0. The molecule has 0 saturated carbocycles. The highest BCUT2D eigenvalue weighted by Gasteiger charge is 2.41. The number of nitrogens with two attached hydrogens (primary N) is 2. The molecular formula is C55H24F33N5O10. The van der Waals surface area contributed by atoms with Crippen LogP contribution in [0.25, 0.3) is 0 Å². The number of nitrogens with zero attached hydrogens (tertiary/aromatic N) is 3. The zero-order valence-corrected chi connectivity index (χ0v) is 49.3. The van der Waals surface area contributed by atoms with Crippen LogP contribution in [0.1, 0.15) is 26.3 Å². The standard InChI is InChI=1S/C18F12N2O6.C18H4F12N2O2.C7H3F5.C6H2F4O2.C6H15N/c19-1-6(24)17(37-15-8(26)2(20)13(31(33)34)3(21)9(15)27)12(30)18(7(1)25)38-16-10(28)4(22)14(32(35)36)5(23)11(16)29;19-1-6(24)17(33-15-8(26)2(20)13(31)3(21)9(15)27)12(30)18(7(1)25)34-16-10(28)4(22)14(32)5(23)11(16)29;1-2-3(8)5(10)7(12)6(11)4(2)9;7-1-2(8)5(11)4(10)6(12)3(1)9;1-4-7(5-2)6-3/h;31-32H2;1H3;11-12H;4-6H2,1-3H3. The van der Waals surface area contributed by atoms with E-state index in [9.17, 15) is 165 Å². The summed E-state index contributed by atoms with van der Waals surface area (Å²) in [7, 11) is 0. The molecule has 0 aromatic heterocycles. The van der Waals surface area contributed by atoms with Gasteiger partial charge in [-0.15, -0.1) is 0 Å². The number of aromatic hydroxyl groups is 2. The number of rotatable bonds is 13. The number of phenols is 2. The molecule has 6 N–H and O–H groups in total. The Morgan fingerprint density at radius 1 is 0.272 bits per heavy atom. The van der Waals surface area contributed by atoms with Crippen molar-refractivity contribution in [2.75, 3.05) is 31.1 Å².